The first-order chi connectivity index (χ1) is 9.99. The van der Waals surface area contributed by atoms with E-state index in [-0.39, 0.29) is 17.8 Å². The van der Waals surface area contributed by atoms with Gasteiger partial charge in [0.05, 0.1) is 6.04 Å². The zero-order valence-corrected chi connectivity index (χ0v) is 12.9. The van der Waals surface area contributed by atoms with Crippen LogP contribution in [0.3, 0.4) is 0 Å². The molecule has 0 aliphatic carbocycles. The van der Waals surface area contributed by atoms with Crippen molar-refractivity contribution in [2.45, 2.75) is 32.7 Å². The number of aromatic nitrogens is 1. The summed E-state index contributed by atoms with van der Waals surface area (Å²) in [6, 6.07) is -0.220. The van der Waals surface area contributed by atoms with Crippen LogP contribution in [0.4, 0.5) is 0 Å². The summed E-state index contributed by atoms with van der Waals surface area (Å²) < 4.78 is 5.28. The first kappa shape index (κ1) is 15.7. The van der Waals surface area contributed by atoms with Crippen molar-refractivity contribution in [2.75, 3.05) is 13.2 Å². The number of hydrogen-bond acceptors (Lipinski definition) is 6. The van der Waals surface area contributed by atoms with Crippen LogP contribution in [-0.4, -0.2) is 35.1 Å². The number of rotatable bonds is 4. The summed E-state index contributed by atoms with van der Waals surface area (Å²) in [5.41, 5.74) is 4.77. The van der Waals surface area contributed by atoms with Gasteiger partial charge in [0.15, 0.2) is 5.84 Å². The first-order valence-electron chi connectivity index (χ1n) is 6.78. The van der Waals surface area contributed by atoms with Gasteiger partial charge in [-0.3, -0.25) is 4.79 Å². The Morgan fingerprint density at radius 1 is 1.62 bits per heavy atom. The highest BCUT2D eigenvalue weighted by atomic mass is 32.1. The van der Waals surface area contributed by atoms with Gasteiger partial charge >= 0.3 is 0 Å². The van der Waals surface area contributed by atoms with Gasteiger partial charge in [0.25, 0.3) is 0 Å². The molecule has 116 valence electrons. The number of amides is 1. The van der Waals surface area contributed by atoms with Crippen LogP contribution in [0.2, 0.25) is 0 Å². The van der Waals surface area contributed by atoms with Crippen molar-refractivity contribution in [3.8, 4) is 0 Å². The zero-order valence-electron chi connectivity index (χ0n) is 12.1. The lowest BCUT2D eigenvalue weighted by Crippen LogP contribution is -2.53. The second-order valence-corrected chi connectivity index (χ2v) is 6.45. The third-order valence-corrected chi connectivity index (χ3v) is 4.83. The summed E-state index contributed by atoms with van der Waals surface area (Å²) in [4.78, 5) is 18.0. The van der Waals surface area contributed by atoms with E-state index in [1.54, 1.807) is 6.20 Å². The predicted octanol–water partition coefficient (Wildman–Crippen LogP) is 1.17. The molecule has 7 nitrogen and oxygen atoms in total. The smallest absolute Gasteiger partial charge is 0.234 e. The molecule has 21 heavy (non-hydrogen) atoms. The number of thiazole rings is 1. The molecule has 1 aromatic heterocycles. The summed E-state index contributed by atoms with van der Waals surface area (Å²) in [5, 5.41) is 15.8. The molecule has 2 rings (SSSR count). The third-order valence-electron chi connectivity index (χ3n) is 3.74. The van der Waals surface area contributed by atoms with Crippen molar-refractivity contribution < 1.29 is 14.7 Å². The first-order valence-corrected chi connectivity index (χ1v) is 7.60. The fraction of sp³-hybridized carbons (Fsp3) is 0.615. The van der Waals surface area contributed by atoms with Gasteiger partial charge in [0, 0.05) is 24.3 Å². The Balaban J connectivity index is 2.15. The van der Waals surface area contributed by atoms with Crippen molar-refractivity contribution in [2.24, 2.45) is 16.3 Å². The number of nitrogens with two attached hydrogens (primary N) is 1. The van der Waals surface area contributed by atoms with Gasteiger partial charge in [-0.05, 0) is 26.7 Å². The summed E-state index contributed by atoms with van der Waals surface area (Å²) in [7, 11) is 0. The number of carbonyl (C=O) groups is 1. The number of ether oxygens (including phenoxy) is 1. The van der Waals surface area contributed by atoms with Gasteiger partial charge in [-0.25, -0.2) is 4.98 Å². The molecular formula is C13H20N4O3S. The predicted molar refractivity (Wildman–Crippen MR) is 79.3 cm³/mol. The van der Waals surface area contributed by atoms with Crippen molar-refractivity contribution in [3.05, 3.63) is 16.1 Å². The minimum Gasteiger partial charge on any atom is -0.409 e. The van der Waals surface area contributed by atoms with Crippen molar-refractivity contribution >= 4 is 23.1 Å². The minimum atomic E-state index is -1.01. The topological polar surface area (TPSA) is 110 Å². The summed E-state index contributed by atoms with van der Waals surface area (Å²) in [6.07, 6.45) is 2.58. The summed E-state index contributed by atoms with van der Waals surface area (Å²) in [6.45, 7) is 4.66. The van der Waals surface area contributed by atoms with Gasteiger partial charge in [-0.2, -0.15) is 0 Å². The fourth-order valence-corrected chi connectivity index (χ4v) is 3.16. The number of nitrogens with zero attached hydrogens (tertiary/aromatic N) is 2. The molecule has 0 saturated carbocycles. The van der Waals surface area contributed by atoms with Crippen molar-refractivity contribution in [1.82, 2.24) is 10.3 Å². The van der Waals surface area contributed by atoms with E-state index in [0.717, 1.165) is 9.88 Å². The van der Waals surface area contributed by atoms with Crippen LogP contribution in [0.5, 0.6) is 0 Å². The quantitative estimate of drug-likeness (QED) is 0.334. The Morgan fingerprint density at radius 3 is 2.81 bits per heavy atom. The van der Waals surface area contributed by atoms with Crippen LogP contribution in [0.1, 0.15) is 35.7 Å². The molecule has 0 spiro atoms. The average Bonchev–Trinajstić information content (AvgIpc) is 2.93. The van der Waals surface area contributed by atoms with E-state index in [4.69, 9.17) is 15.7 Å². The Bertz CT molecular complexity index is 537. The molecule has 4 N–H and O–H groups in total. The standard InChI is InChI=1S/C13H20N4O3S/c1-8-7-15-10(21-8)9(2)16-12(18)13(11(14)17-19)3-5-20-6-4-13/h7,9,19H,3-6H2,1-2H3,(H2,14,17)(H,16,18). The Morgan fingerprint density at radius 2 is 2.29 bits per heavy atom. The van der Waals surface area contributed by atoms with E-state index in [1.165, 1.54) is 11.3 Å². The molecule has 2 heterocycles. The second kappa shape index (κ2) is 6.40. The molecule has 1 aliphatic heterocycles. The number of amidine groups is 1. The molecule has 8 heteroatoms. The van der Waals surface area contributed by atoms with Gasteiger partial charge in [-0.15, -0.1) is 11.3 Å². The molecule has 0 radical (unpaired) electrons. The monoisotopic (exact) mass is 312 g/mol. The van der Waals surface area contributed by atoms with E-state index in [9.17, 15) is 4.79 Å². The lowest BCUT2D eigenvalue weighted by molar-refractivity contribution is -0.132. The molecule has 1 aliphatic rings. The van der Waals surface area contributed by atoms with E-state index in [1.807, 2.05) is 13.8 Å². The maximum atomic E-state index is 12.6. The number of aryl methyl sites for hydroxylation is 1. The van der Waals surface area contributed by atoms with Gasteiger partial charge in [-0.1, -0.05) is 5.16 Å². The van der Waals surface area contributed by atoms with E-state index in [0.29, 0.717) is 26.1 Å². The molecule has 0 aromatic carbocycles. The van der Waals surface area contributed by atoms with Crippen LogP contribution >= 0.6 is 11.3 Å². The SMILES string of the molecule is Cc1cnc(C(C)NC(=O)C2(/C(N)=N/O)CCOCC2)s1. The highest BCUT2D eigenvalue weighted by Gasteiger charge is 2.45. The normalized spacial score (nSPS) is 20.0. The number of hydrogen-bond donors (Lipinski definition) is 3. The fourth-order valence-electron chi connectivity index (χ4n) is 2.38. The zero-order chi connectivity index (χ0) is 15.5. The largest absolute Gasteiger partial charge is 0.409 e. The molecule has 1 atom stereocenters. The van der Waals surface area contributed by atoms with E-state index >= 15 is 0 Å². The van der Waals surface area contributed by atoms with Gasteiger partial charge in [0.1, 0.15) is 10.4 Å². The number of nitrogens with one attached hydrogen (secondary N) is 1. The van der Waals surface area contributed by atoms with Crippen LogP contribution in [0.25, 0.3) is 0 Å². The van der Waals surface area contributed by atoms with E-state index < -0.39 is 5.41 Å². The molecule has 1 amide bonds. The van der Waals surface area contributed by atoms with Crippen LogP contribution in [0.15, 0.2) is 11.4 Å². The highest BCUT2D eigenvalue weighted by Crippen LogP contribution is 2.32. The summed E-state index contributed by atoms with van der Waals surface area (Å²) >= 11 is 1.54. The number of carbonyl (C=O) groups excluding carboxylic acids is 1. The molecule has 0 bridgehead atoms. The Kier molecular flexibility index (Phi) is 4.79. The molecular weight excluding hydrogens is 292 g/mol. The highest BCUT2D eigenvalue weighted by molar-refractivity contribution is 7.11. The molecule has 1 aromatic rings. The molecule has 1 unspecified atom stereocenters. The Hall–Kier alpha value is -1.67. The third kappa shape index (κ3) is 3.16. The van der Waals surface area contributed by atoms with Crippen LogP contribution in [0, 0.1) is 12.3 Å². The molecule has 1 fully saturated rings. The number of oxime groups is 1. The average molecular weight is 312 g/mol. The molecule has 1 saturated heterocycles. The second-order valence-electron chi connectivity index (χ2n) is 5.18. The maximum absolute atomic E-state index is 12.6. The van der Waals surface area contributed by atoms with E-state index in [2.05, 4.69) is 15.5 Å². The maximum Gasteiger partial charge on any atom is 0.234 e. The Labute approximate surface area is 127 Å². The van der Waals surface area contributed by atoms with Crippen molar-refractivity contribution in [3.63, 3.8) is 0 Å². The van der Waals surface area contributed by atoms with Crippen LogP contribution in [-0.2, 0) is 9.53 Å². The van der Waals surface area contributed by atoms with Crippen molar-refractivity contribution in [1.29, 1.82) is 0 Å². The van der Waals surface area contributed by atoms with Gasteiger partial charge in [0.2, 0.25) is 5.91 Å². The summed E-state index contributed by atoms with van der Waals surface area (Å²) in [5.74, 6) is -0.313. The van der Waals surface area contributed by atoms with Gasteiger partial charge < -0.3 is 21.0 Å². The lowest BCUT2D eigenvalue weighted by Gasteiger charge is -2.35. The minimum absolute atomic E-state index is 0.0641. The lowest BCUT2D eigenvalue weighted by atomic mass is 9.78. The van der Waals surface area contributed by atoms with Crippen LogP contribution < -0.4 is 11.1 Å².